The molecule has 0 amide bonds. The third-order valence-electron chi connectivity index (χ3n) is 1.73. The van der Waals surface area contributed by atoms with Gasteiger partial charge in [0.05, 0.1) is 12.2 Å². The second kappa shape index (κ2) is 5.18. The van der Waals surface area contributed by atoms with Gasteiger partial charge in [0.1, 0.15) is 18.5 Å². The fourth-order valence-electron chi connectivity index (χ4n) is 0.944. The first kappa shape index (κ1) is 12.8. The molecule has 0 saturated carbocycles. The summed E-state index contributed by atoms with van der Waals surface area (Å²) in [6, 6.07) is 5.19. The molecule has 1 aromatic rings. The molecule has 89 valence electrons. The summed E-state index contributed by atoms with van der Waals surface area (Å²) in [6.45, 7) is -0.775. The fourth-order valence-corrected chi connectivity index (χ4v) is 0.944. The zero-order valence-electron chi connectivity index (χ0n) is 8.16. The molecule has 2 N–H and O–H groups in total. The molecular weight excluding hydrogens is 225 g/mol. The van der Waals surface area contributed by atoms with Crippen LogP contribution in [0.25, 0.3) is 0 Å². The Morgan fingerprint density at radius 1 is 1.44 bits per heavy atom. The van der Waals surface area contributed by atoms with Gasteiger partial charge in [-0.1, -0.05) is 6.07 Å². The van der Waals surface area contributed by atoms with Gasteiger partial charge in [-0.15, -0.1) is 0 Å². The van der Waals surface area contributed by atoms with E-state index in [1.807, 2.05) is 6.07 Å². The van der Waals surface area contributed by atoms with Gasteiger partial charge in [-0.3, -0.25) is 0 Å². The molecule has 1 unspecified atom stereocenters. The highest BCUT2D eigenvalue weighted by Gasteiger charge is 2.30. The van der Waals surface area contributed by atoms with Crippen molar-refractivity contribution in [1.29, 1.82) is 0 Å². The fraction of sp³-hybridized carbons (Fsp3) is 0.400. The second-order valence-electron chi connectivity index (χ2n) is 3.08. The van der Waals surface area contributed by atoms with Crippen molar-refractivity contribution >= 4 is 0 Å². The van der Waals surface area contributed by atoms with Crippen LogP contribution < -0.4 is 4.74 Å². The van der Waals surface area contributed by atoms with Crippen LogP contribution in [0.2, 0.25) is 0 Å². The zero-order chi connectivity index (χ0) is 12.2. The van der Waals surface area contributed by atoms with E-state index in [9.17, 15) is 13.2 Å². The van der Waals surface area contributed by atoms with Crippen molar-refractivity contribution in [3.05, 3.63) is 29.8 Å². The first-order valence-electron chi connectivity index (χ1n) is 4.44. The van der Waals surface area contributed by atoms with E-state index in [4.69, 9.17) is 14.9 Å². The van der Waals surface area contributed by atoms with Crippen molar-refractivity contribution in [2.24, 2.45) is 0 Å². The van der Waals surface area contributed by atoms with E-state index >= 15 is 0 Å². The molecule has 1 radical (unpaired) electrons. The SMILES string of the molecule is OCC(O)COc1cc[c]c(C(F)(F)F)c1. The van der Waals surface area contributed by atoms with Gasteiger partial charge in [0.2, 0.25) is 0 Å². The summed E-state index contributed by atoms with van der Waals surface area (Å²) >= 11 is 0. The summed E-state index contributed by atoms with van der Waals surface area (Å²) < 4.78 is 41.6. The standard InChI is InChI=1S/C10H10F3O3/c11-10(12,13)7-2-1-3-9(4-7)16-6-8(15)5-14/h1,3-4,8,14-15H,5-6H2. The summed E-state index contributed by atoms with van der Waals surface area (Å²) in [7, 11) is 0. The molecule has 0 heterocycles. The molecule has 0 spiro atoms. The molecule has 0 fully saturated rings. The molecule has 0 aliphatic rings. The van der Waals surface area contributed by atoms with Gasteiger partial charge in [-0.05, 0) is 18.2 Å². The molecule has 0 aliphatic carbocycles. The summed E-state index contributed by atoms with van der Waals surface area (Å²) in [5.74, 6) is -0.0291. The van der Waals surface area contributed by atoms with Crippen LogP contribution in [0.15, 0.2) is 18.2 Å². The molecule has 0 saturated heterocycles. The molecule has 16 heavy (non-hydrogen) atoms. The van der Waals surface area contributed by atoms with Gasteiger partial charge < -0.3 is 14.9 Å². The third kappa shape index (κ3) is 3.71. The first-order chi connectivity index (χ1) is 7.43. The van der Waals surface area contributed by atoms with E-state index in [1.165, 1.54) is 6.07 Å². The lowest BCUT2D eigenvalue weighted by Crippen LogP contribution is -2.21. The molecule has 0 aromatic heterocycles. The smallest absolute Gasteiger partial charge is 0.417 e. The maximum atomic E-state index is 12.3. The number of ether oxygens (including phenoxy) is 1. The van der Waals surface area contributed by atoms with Crippen LogP contribution in [-0.4, -0.2) is 29.5 Å². The highest BCUT2D eigenvalue weighted by atomic mass is 19.4. The summed E-state index contributed by atoms with van der Waals surface area (Å²) in [5, 5.41) is 17.4. The highest BCUT2D eigenvalue weighted by Crippen LogP contribution is 2.30. The van der Waals surface area contributed by atoms with Gasteiger partial charge in [-0.2, -0.15) is 13.2 Å². The van der Waals surface area contributed by atoms with E-state index in [2.05, 4.69) is 0 Å². The van der Waals surface area contributed by atoms with E-state index in [-0.39, 0.29) is 12.4 Å². The van der Waals surface area contributed by atoms with Crippen molar-refractivity contribution in [1.82, 2.24) is 0 Å². The van der Waals surface area contributed by atoms with Crippen LogP contribution in [0.5, 0.6) is 5.75 Å². The number of hydrogen-bond acceptors (Lipinski definition) is 3. The zero-order valence-corrected chi connectivity index (χ0v) is 8.16. The number of benzene rings is 1. The van der Waals surface area contributed by atoms with Crippen LogP contribution >= 0.6 is 0 Å². The Balaban J connectivity index is 2.68. The number of halogens is 3. The van der Waals surface area contributed by atoms with Crippen molar-refractivity contribution in [2.45, 2.75) is 12.3 Å². The number of rotatable bonds is 4. The molecule has 0 bridgehead atoms. The molecule has 1 rings (SSSR count). The normalized spacial score (nSPS) is 13.6. The topological polar surface area (TPSA) is 49.7 Å². The second-order valence-corrected chi connectivity index (χ2v) is 3.08. The maximum absolute atomic E-state index is 12.3. The lowest BCUT2D eigenvalue weighted by atomic mass is 10.2. The Kier molecular flexibility index (Phi) is 4.14. The summed E-state index contributed by atoms with van der Waals surface area (Å²) in [6.07, 6.45) is -5.59. The van der Waals surface area contributed by atoms with E-state index in [1.54, 1.807) is 0 Å². The third-order valence-corrected chi connectivity index (χ3v) is 1.73. The van der Waals surface area contributed by atoms with Crippen molar-refractivity contribution in [2.75, 3.05) is 13.2 Å². The molecule has 6 heteroatoms. The number of aliphatic hydroxyl groups excluding tert-OH is 2. The molecule has 1 atom stereocenters. The minimum Gasteiger partial charge on any atom is -0.491 e. The van der Waals surface area contributed by atoms with Gasteiger partial charge in [0.25, 0.3) is 0 Å². The Hall–Kier alpha value is -1.27. The monoisotopic (exact) mass is 235 g/mol. The first-order valence-corrected chi connectivity index (χ1v) is 4.44. The average Bonchev–Trinajstić information content (AvgIpc) is 2.25. The van der Waals surface area contributed by atoms with Crippen LogP contribution in [0.4, 0.5) is 13.2 Å². The quantitative estimate of drug-likeness (QED) is 0.825. The van der Waals surface area contributed by atoms with Crippen LogP contribution in [-0.2, 0) is 6.18 Å². The van der Waals surface area contributed by atoms with Gasteiger partial charge >= 0.3 is 6.18 Å². The van der Waals surface area contributed by atoms with Crippen molar-refractivity contribution in [3.63, 3.8) is 0 Å². The lowest BCUT2D eigenvalue weighted by molar-refractivity contribution is -0.137. The van der Waals surface area contributed by atoms with Gasteiger partial charge in [-0.25, -0.2) is 0 Å². The Morgan fingerprint density at radius 2 is 2.12 bits per heavy atom. The molecule has 3 nitrogen and oxygen atoms in total. The number of alkyl halides is 3. The number of hydrogen-bond donors (Lipinski definition) is 2. The van der Waals surface area contributed by atoms with Gasteiger partial charge in [0.15, 0.2) is 0 Å². The van der Waals surface area contributed by atoms with Crippen molar-refractivity contribution in [3.8, 4) is 5.75 Å². The molecule has 1 aromatic carbocycles. The predicted octanol–water partition coefficient (Wildman–Crippen LogP) is 1.24. The van der Waals surface area contributed by atoms with Crippen LogP contribution in [0, 0.1) is 6.07 Å². The van der Waals surface area contributed by atoms with E-state index in [0.29, 0.717) is 0 Å². The van der Waals surface area contributed by atoms with Crippen molar-refractivity contribution < 1.29 is 28.1 Å². The van der Waals surface area contributed by atoms with E-state index in [0.717, 1.165) is 12.1 Å². The van der Waals surface area contributed by atoms with Gasteiger partial charge in [0, 0.05) is 0 Å². The average molecular weight is 235 g/mol. The Bertz CT molecular complexity index is 338. The molecular formula is C10H10F3O3. The lowest BCUT2D eigenvalue weighted by Gasteiger charge is -2.11. The minimum atomic E-state index is -4.48. The predicted molar refractivity (Wildman–Crippen MR) is 48.9 cm³/mol. The highest BCUT2D eigenvalue weighted by molar-refractivity contribution is 5.29. The maximum Gasteiger partial charge on any atom is 0.417 e. The molecule has 0 aliphatic heterocycles. The van der Waals surface area contributed by atoms with E-state index < -0.39 is 24.5 Å². The largest absolute Gasteiger partial charge is 0.491 e. The van der Waals surface area contributed by atoms with Crippen LogP contribution in [0.1, 0.15) is 5.56 Å². The Labute approximate surface area is 90.1 Å². The minimum absolute atomic E-state index is 0.0291. The summed E-state index contributed by atoms with van der Waals surface area (Å²) in [4.78, 5) is 0. The summed E-state index contributed by atoms with van der Waals surface area (Å²) in [5.41, 5.74) is -0.941. The Morgan fingerprint density at radius 3 is 2.69 bits per heavy atom. The number of aliphatic hydroxyl groups is 2. The van der Waals surface area contributed by atoms with Crippen LogP contribution in [0.3, 0.4) is 0 Å².